The van der Waals surface area contributed by atoms with E-state index >= 15 is 0 Å². The highest BCUT2D eigenvalue weighted by atomic mass is 35.5. The van der Waals surface area contributed by atoms with Gasteiger partial charge in [-0.1, -0.05) is 23.2 Å². The van der Waals surface area contributed by atoms with E-state index in [1.54, 1.807) is 10.7 Å². The lowest BCUT2D eigenvalue weighted by Crippen LogP contribution is -2.19. The minimum absolute atomic E-state index is 0.149. The standard InChI is InChI=1S/C13H15Cl2N3/c1-16-13(8-12-3-4-18(2)17-12)9-5-10(14)7-11(15)6-9/h3-7,13,16H,8H2,1-2H3. The Morgan fingerprint density at radius 1 is 1.28 bits per heavy atom. The molecule has 0 saturated carbocycles. The first-order chi connectivity index (χ1) is 8.58. The summed E-state index contributed by atoms with van der Waals surface area (Å²) in [7, 11) is 3.83. The lowest BCUT2D eigenvalue weighted by molar-refractivity contribution is 0.577. The number of aryl methyl sites for hydroxylation is 1. The van der Waals surface area contributed by atoms with Gasteiger partial charge in [0.05, 0.1) is 5.69 Å². The van der Waals surface area contributed by atoms with E-state index in [9.17, 15) is 0 Å². The number of benzene rings is 1. The number of aromatic nitrogens is 2. The van der Waals surface area contributed by atoms with Crippen molar-refractivity contribution in [3.8, 4) is 0 Å². The van der Waals surface area contributed by atoms with Crippen molar-refractivity contribution < 1.29 is 0 Å². The first-order valence-corrected chi connectivity index (χ1v) is 6.46. The van der Waals surface area contributed by atoms with Crippen LogP contribution in [0.2, 0.25) is 10.0 Å². The fourth-order valence-electron chi connectivity index (χ4n) is 1.94. The van der Waals surface area contributed by atoms with Crippen LogP contribution >= 0.6 is 23.2 Å². The molecule has 0 fully saturated rings. The Morgan fingerprint density at radius 2 is 1.94 bits per heavy atom. The Bertz CT molecular complexity index is 517. The molecule has 1 N–H and O–H groups in total. The summed E-state index contributed by atoms with van der Waals surface area (Å²) in [5.74, 6) is 0. The number of nitrogens with one attached hydrogen (secondary N) is 1. The van der Waals surface area contributed by atoms with E-state index in [2.05, 4.69) is 10.4 Å². The summed E-state index contributed by atoms with van der Waals surface area (Å²) >= 11 is 12.1. The van der Waals surface area contributed by atoms with Crippen molar-refractivity contribution in [2.75, 3.05) is 7.05 Å². The average Bonchev–Trinajstić information content (AvgIpc) is 2.70. The van der Waals surface area contributed by atoms with Crippen molar-refractivity contribution in [1.82, 2.24) is 15.1 Å². The van der Waals surface area contributed by atoms with Gasteiger partial charge in [-0.3, -0.25) is 4.68 Å². The molecular weight excluding hydrogens is 269 g/mol. The number of hydrogen-bond acceptors (Lipinski definition) is 2. The molecule has 0 bridgehead atoms. The van der Waals surface area contributed by atoms with E-state index in [-0.39, 0.29) is 6.04 Å². The van der Waals surface area contributed by atoms with Crippen LogP contribution in [0.3, 0.4) is 0 Å². The monoisotopic (exact) mass is 283 g/mol. The first kappa shape index (κ1) is 13.4. The van der Waals surface area contributed by atoms with Gasteiger partial charge in [0.25, 0.3) is 0 Å². The predicted octanol–water partition coefficient (Wildman–Crippen LogP) is 3.23. The quantitative estimate of drug-likeness (QED) is 0.934. The topological polar surface area (TPSA) is 29.9 Å². The molecule has 0 aliphatic carbocycles. The zero-order chi connectivity index (χ0) is 13.1. The first-order valence-electron chi connectivity index (χ1n) is 5.70. The molecule has 0 radical (unpaired) electrons. The van der Waals surface area contributed by atoms with E-state index in [1.165, 1.54) is 0 Å². The fourth-order valence-corrected chi connectivity index (χ4v) is 2.49. The lowest BCUT2D eigenvalue weighted by atomic mass is 10.0. The van der Waals surface area contributed by atoms with E-state index in [0.29, 0.717) is 10.0 Å². The summed E-state index contributed by atoms with van der Waals surface area (Å²) in [5.41, 5.74) is 2.11. The van der Waals surface area contributed by atoms with Gasteiger partial charge in [-0.05, 0) is 36.9 Å². The molecule has 5 heteroatoms. The van der Waals surface area contributed by atoms with E-state index < -0.39 is 0 Å². The third-order valence-electron chi connectivity index (χ3n) is 2.82. The summed E-state index contributed by atoms with van der Waals surface area (Å²) in [5, 5.41) is 8.95. The molecule has 3 nitrogen and oxygen atoms in total. The molecular formula is C13H15Cl2N3. The number of rotatable bonds is 4. The summed E-state index contributed by atoms with van der Waals surface area (Å²) in [6.45, 7) is 0. The molecule has 1 heterocycles. The van der Waals surface area contributed by atoms with Crippen LogP contribution in [0.1, 0.15) is 17.3 Å². The molecule has 0 amide bonds. The molecule has 0 aliphatic rings. The van der Waals surface area contributed by atoms with Gasteiger partial charge in [0.2, 0.25) is 0 Å². The normalized spacial score (nSPS) is 12.7. The van der Waals surface area contributed by atoms with Gasteiger partial charge in [0, 0.05) is 35.8 Å². The zero-order valence-corrected chi connectivity index (χ0v) is 11.8. The Morgan fingerprint density at radius 3 is 2.44 bits per heavy atom. The minimum Gasteiger partial charge on any atom is -0.313 e. The highest BCUT2D eigenvalue weighted by molar-refractivity contribution is 6.34. The van der Waals surface area contributed by atoms with Gasteiger partial charge in [-0.25, -0.2) is 0 Å². The largest absolute Gasteiger partial charge is 0.313 e. The Balaban J connectivity index is 2.22. The van der Waals surface area contributed by atoms with Gasteiger partial charge < -0.3 is 5.32 Å². The van der Waals surface area contributed by atoms with Crippen LogP contribution in [-0.2, 0) is 13.5 Å². The molecule has 2 rings (SSSR count). The SMILES string of the molecule is CNC(Cc1ccn(C)n1)c1cc(Cl)cc(Cl)c1. The molecule has 1 unspecified atom stereocenters. The van der Waals surface area contributed by atoms with Crippen molar-refractivity contribution in [3.63, 3.8) is 0 Å². The van der Waals surface area contributed by atoms with E-state index in [0.717, 1.165) is 17.7 Å². The molecule has 1 aromatic carbocycles. The average molecular weight is 284 g/mol. The number of halogens is 2. The fraction of sp³-hybridized carbons (Fsp3) is 0.308. The molecule has 1 aromatic heterocycles. The maximum absolute atomic E-state index is 6.03. The van der Waals surface area contributed by atoms with Gasteiger partial charge in [-0.15, -0.1) is 0 Å². The van der Waals surface area contributed by atoms with Crippen LogP contribution in [0.4, 0.5) is 0 Å². The van der Waals surface area contributed by atoms with E-state index in [1.807, 2.05) is 38.5 Å². The van der Waals surface area contributed by atoms with Crippen molar-refractivity contribution >= 4 is 23.2 Å². The van der Waals surface area contributed by atoms with Crippen LogP contribution in [0, 0.1) is 0 Å². The Labute approximate surface area is 117 Å². The second-order valence-corrected chi connectivity index (χ2v) is 5.10. The molecule has 0 aliphatic heterocycles. The minimum atomic E-state index is 0.149. The van der Waals surface area contributed by atoms with Crippen LogP contribution < -0.4 is 5.32 Å². The lowest BCUT2D eigenvalue weighted by Gasteiger charge is -2.16. The molecule has 1 atom stereocenters. The molecule has 18 heavy (non-hydrogen) atoms. The molecule has 96 valence electrons. The van der Waals surface area contributed by atoms with Crippen LogP contribution in [0.5, 0.6) is 0 Å². The number of likely N-dealkylation sites (N-methyl/N-ethyl adjacent to an activating group) is 1. The highest BCUT2D eigenvalue weighted by Gasteiger charge is 2.13. The zero-order valence-electron chi connectivity index (χ0n) is 10.3. The Hall–Kier alpha value is -1.03. The third-order valence-corrected chi connectivity index (χ3v) is 3.25. The van der Waals surface area contributed by atoms with Gasteiger partial charge in [0.1, 0.15) is 0 Å². The third kappa shape index (κ3) is 3.25. The summed E-state index contributed by atoms with van der Waals surface area (Å²) in [4.78, 5) is 0. The second-order valence-electron chi connectivity index (χ2n) is 4.23. The van der Waals surface area contributed by atoms with Crippen LogP contribution in [0.15, 0.2) is 30.5 Å². The number of hydrogen-bond donors (Lipinski definition) is 1. The second kappa shape index (κ2) is 5.74. The Kier molecular flexibility index (Phi) is 4.27. The summed E-state index contributed by atoms with van der Waals surface area (Å²) in [6, 6.07) is 7.75. The van der Waals surface area contributed by atoms with Crippen LogP contribution in [-0.4, -0.2) is 16.8 Å². The number of nitrogens with zero attached hydrogens (tertiary/aromatic N) is 2. The van der Waals surface area contributed by atoms with Gasteiger partial charge in [-0.2, -0.15) is 5.10 Å². The maximum Gasteiger partial charge on any atom is 0.0643 e. The van der Waals surface area contributed by atoms with Gasteiger partial charge >= 0.3 is 0 Å². The predicted molar refractivity (Wildman–Crippen MR) is 75.2 cm³/mol. The maximum atomic E-state index is 6.03. The smallest absolute Gasteiger partial charge is 0.0643 e. The van der Waals surface area contributed by atoms with Crippen molar-refractivity contribution in [1.29, 1.82) is 0 Å². The molecule has 0 saturated heterocycles. The highest BCUT2D eigenvalue weighted by Crippen LogP contribution is 2.25. The van der Waals surface area contributed by atoms with Crippen molar-refractivity contribution in [3.05, 3.63) is 51.8 Å². The van der Waals surface area contributed by atoms with Crippen molar-refractivity contribution in [2.45, 2.75) is 12.5 Å². The molecule has 0 spiro atoms. The summed E-state index contributed by atoms with van der Waals surface area (Å²) in [6.07, 6.45) is 2.74. The van der Waals surface area contributed by atoms with Gasteiger partial charge in [0.15, 0.2) is 0 Å². The summed E-state index contributed by atoms with van der Waals surface area (Å²) < 4.78 is 1.80. The van der Waals surface area contributed by atoms with E-state index in [4.69, 9.17) is 23.2 Å². The van der Waals surface area contributed by atoms with Crippen molar-refractivity contribution in [2.24, 2.45) is 7.05 Å². The van der Waals surface area contributed by atoms with Crippen LogP contribution in [0.25, 0.3) is 0 Å². The molecule has 2 aromatic rings.